The molecule has 17 heavy (non-hydrogen) atoms. The quantitative estimate of drug-likeness (QED) is 0.847. The minimum absolute atomic E-state index is 0.0772. The Morgan fingerprint density at radius 2 is 2.18 bits per heavy atom. The van der Waals surface area contributed by atoms with E-state index >= 15 is 0 Å². The summed E-state index contributed by atoms with van der Waals surface area (Å²) in [6, 6.07) is 7.26. The average molecular weight is 249 g/mol. The van der Waals surface area contributed by atoms with Crippen LogP contribution in [0.4, 0.5) is 0 Å². The molecule has 1 aromatic carbocycles. The summed E-state index contributed by atoms with van der Waals surface area (Å²) in [5.41, 5.74) is 1.88. The van der Waals surface area contributed by atoms with Gasteiger partial charge in [-0.2, -0.15) is 0 Å². The number of carboxylic acid groups (broad SMARTS) is 1. The first-order chi connectivity index (χ1) is 8.11. The molecule has 2 aromatic rings. The second-order valence-electron chi connectivity index (χ2n) is 3.57. The van der Waals surface area contributed by atoms with Crippen LogP contribution >= 0.6 is 11.8 Å². The van der Waals surface area contributed by atoms with Crippen LogP contribution < -0.4 is 0 Å². The van der Waals surface area contributed by atoms with E-state index in [0.29, 0.717) is 5.76 Å². The van der Waals surface area contributed by atoms with E-state index in [0.717, 1.165) is 11.1 Å². The number of aromatic carboxylic acids is 1. The molecule has 1 heterocycles. The van der Waals surface area contributed by atoms with Gasteiger partial charge in [-0.1, -0.05) is 11.2 Å². The van der Waals surface area contributed by atoms with Crippen LogP contribution in [0.25, 0.3) is 11.3 Å². The summed E-state index contributed by atoms with van der Waals surface area (Å²) in [4.78, 5) is 11.9. The van der Waals surface area contributed by atoms with Crippen molar-refractivity contribution >= 4 is 17.7 Å². The van der Waals surface area contributed by atoms with Gasteiger partial charge in [-0.25, -0.2) is 4.79 Å². The highest BCUT2D eigenvalue weighted by Gasteiger charge is 2.12. The van der Waals surface area contributed by atoms with Crippen LogP contribution in [-0.4, -0.2) is 22.5 Å². The number of thioether (sulfide) groups is 1. The van der Waals surface area contributed by atoms with E-state index < -0.39 is 5.97 Å². The summed E-state index contributed by atoms with van der Waals surface area (Å²) in [6.45, 7) is 2.00. The van der Waals surface area contributed by atoms with Gasteiger partial charge in [0.1, 0.15) is 0 Å². The maximum Gasteiger partial charge on any atom is 0.358 e. The Morgan fingerprint density at radius 1 is 1.41 bits per heavy atom. The number of rotatable bonds is 3. The first kappa shape index (κ1) is 11.7. The lowest BCUT2D eigenvalue weighted by Crippen LogP contribution is -1.94. The van der Waals surface area contributed by atoms with E-state index in [1.165, 1.54) is 11.0 Å². The Labute approximate surface area is 103 Å². The topological polar surface area (TPSA) is 63.3 Å². The molecule has 0 unspecified atom stereocenters. The monoisotopic (exact) mass is 249 g/mol. The van der Waals surface area contributed by atoms with Crippen LogP contribution in [0.1, 0.15) is 16.1 Å². The van der Waals surface area contributed by atoms with E-state index in [4.69, 9.17) is 9.63 Å². The fourth-order valence-corrected chi connectivity index (χ4v) is 2.13. The number of aryl methyl sites for hydroxylation is 1. The van der Waals surface area contributed by atoms with E-state index in [2.05, 4.69) is 5.16 Å². The number of benzene rings is 1. The van der Waals surface area contributed by atoms with Crippen molar-refractivity contribution in [3.8, 4) is 11.3 Å². The van der Waals surface area contributed by atoms with Gasteiger partial charge in [-0.15, -0.1) is 11.8 Å². The molecule has 1 N–H and O–H groups in total. The number of hydrogen-bond donors (Lipinski definition) is 1. The molecule has 0 aliphatic heterocycles. The van der Waals surface area contributed by atoms with Crippen LogP contribution in [0.3, 0.4) is 0 Å². The molecule has 0 radical (unpaired) electrons. The predicted molar refractivity (Wildman–Crippen MR) is 65.4 cm³/mol. The Balaban J connectivity index is 2.39. The Kier molecular flexibility index (Phi) is 3.19. The maximum absolute atomic E-state index is 10.7. The van der Waals surface area contributed by atoms with Crippen molar-refractivity contribution in [2.75, 3.05) is 6.26 Å². The van der Waals surface area contributed by atoms with Gasteiger partial charge in [-0.3, -0.25) is 0 Å². The van der Waals surface area contributed by atoms with Gasteiger partial charge in [-0.05, 0) is 30.9 Å². The van der Waals surface area contributed by atoms with Gasteiger partial charge in [0.05, 0.1) is 0 Å². The molecule has 0 atom stereocenters. The minimum atomic E-state index is -1.09. The van der Waals surface area contributed by atoms with Crippen molar-refractivity contribution in [2.45, 2.75) is 11.8 Å². The minimum Gasteiger partial charge on any atom is -0.476 e. The van der Waals surface area contributed by atoms with Crippen LogP contribution in [-0.2, 0) is 0 Å². The number of nitrogens with zero attached hydrogens (tertiary/aromatic N) is 1. The highest BCUT2D eigenvalue weighted by molar-refractivity contribution is 7.98. The summed E-state index contributed by atoms with van der Waals surface area (Å²) in [5.74, 6) is -0.615. The summed E-state index contributed by atoms with van der Waals surface area (Å²) >= 11 is 1.67. The van der Waals surface area contributed by atoms with Crippen LogP contribution in [0.15, 0.2) is 33.7 Å². The molecular formula is C12H11NO3S. The van der Waals surface area contributed by atoms with Crippen molar-refractivity contribution in [3.05, 3.63) is 35.5 Å². The van der Waals surface area contributed by atoms with Gasteiger partial charge in [0.2, 0.25) is 0 Å². The second-order valence-corrected chi connectivity index (χ2v) is 4.41. The van der Waals surface area contributed by atoms with E-state index in [-0.39, 0.29) is 5.69 Å². The van der Waals surface area contributed by atoms with Gasteiger partial charge < -0.3 is 9.63 Å². The van der Waals surface area contributed by atoms with E-state index in [9.17, 15) is 4.79 Å². The molecule has 0 amide bonds. The summed E-state index contributed by atoms with van der Waals surface area (Å²) in [5, 5.41) is 12.2. The van der Waals surface area contributed by atoms with Crippen LogP contribution in [0.2, 0.25) is 0 Å². The average Bonchev–Trinajstić information content (AvgIpc) is 2.78. The third-order valence-corrected chi connectivity index (χ3v) is 3.31. The Bertz CT molecular complexity index is 563. The molecule has 4 nitrogen and oxygen atoms in total. The SMILES string of the molecule is CSc1ccc(-c2cc(C(=O)O)no2)cc1C. The van der Waals surface area contributed by atoms with Crippen molar-refractivity contribution in [1.29, 1.82) is 0 Å². The first-order valence-corrected chi connectivity index (χ1v) is 6.19. The zero-order valence-corrected chi connectivity index (χ0v) is 10.2. The molecule has 5 heteroatoms. The molecule has 1 aromatic heterocycles. The highest BCUT2D eigenvalue weighted by atomic mass is 32.2. The van der Waals surface area contributed by atoms with Crippen molar-refractivity contribution in [3.63, 3.8) is 0 Å². The lowest BCUT2D eigenvalue weighted by Gasteiger charge is -2.03. The summed E-state index contributed by atoms with van der Waals surface area (Å²) < 4.78 is 5.00. The lowest BCUT2D eigenvalue weighted by atomic mass is 10.1. The van der Waals surface area contributed by atoms with E-state index in [1.807, 2.05) is 31.4 Å². The maximum atomic E-state index is 10.7. The Morgan fingerprint density at radius 3 is 2.71 bits per heavy atom. The molecular weight excluding hydrogens is 238 g/mol. The molecule has 0 saturated heterocycles. The van der Waals surface area contributed by atoms with Gasteiger partial charge in [0.25, 0.3) is 0 Å². The number of carbonyl (C=O) groups is 1. The molecule has 0 spiro atoms. The number of hydrogen-bond acceptors (Lipinski definition) is 4. The Hall–Kier alpha value is -1.75. The van der Waals surface area contributed by atoms with Crippen molar-refractivity contribution in [1.82, 2.24) is 5.16 Å². The standard InChI is InChI=1S/C12H11NO3S/c1-7-5-8(3-4-11(7)17-2)10-6-9(12(14)15)13-16-10/h3-6H,1-2H3,(H,14,15). The third kappa shape index (κ3) is 2.34. The highest BCUT2D eigenvalue weighted by Crippen LogP contribution is 2.27. The smallest absolute Gasteiger partial charge is 0.358 e. The van der Waals surface area contributed by atoms with Crippen LogP contribution in [0, 0.1) is 6.92 Å². The van der Waals surface area contributed by atoms with E-state index in [1.54, 1.807) is 11.8 Å². The molecule has 88 valence electrons. The number of aromatic nitrogens is 1. The van der Waals surface area contributed by atoms with Gasteiger partial charge >= 0.3 is 5.97 Å². The lowest BCUT2D eigenvalue weighted by molar-refractivity contribution is 0.0686. The van der Waals surface area contributed by atoms with Gasteiger partial charge in [0, 0.05) is 16.5 Å². The molecule has 0 aliphatic carbocycles. The third-order valence-electron chi connectivity index (χ3n) is 2.41. The fraction of sp³-hybridized carbons (Fsp3) is 0.167. The predicted octanol–water partition coefficient (Wildman–Crippen LogP) is 3.07. The molecule has 2 rings (SSSR count). The largest absolute Gasteiger partial charge is 0.476 e. The molecule has 0 bridgehead atoms. The van der Waals surface area contributed by atoms with Crippen molar-refractivity contribution in [2.24, 2.45) is 0 Å². The first-order valence-electron chi connectivity index (χ1n) is 4.97. The van der Waals surface area contributed by atoms with Crippen LogP contribution in [0.5, 0.6) is 0 Å². The normalized spacial score (nSPS) is 10.5. The number of carboxylic acids is 1. The summed E-state index contributed by atoms with van der Waals surface area (Å²) in [7, 11) is 0. The molecule has 0 aliphatic rings. The van der Waals surface area contributed by atoms with Gasteiger partial charge in [0.15, 0.2) is 11.5 Å². The second kappa shape index (κ2) is 4.63. The zero-order chi connectivity index (χ0) is 12.4. The molecule has 0 fully saturated rings. The summed E-state index contributed by atoms with van der Waals surface area (Å²) in [6.07, 6.45) is 2.01. The fourth-order valence-electron chi connectivity index (χ4n) is 1.54. The molecule has 0 saturated carbocycles. The van der Waals surface area contributed by atoms with Crippen molar-refractivity contribution < 1.29 is 14.4 Å². The zero-order valence-electron chi connectivity index (χ0n) is 9.43.